The van der Waals surface area contributed by atoms with Crippen LogP contribution < -0.4 is 24.6 Å². The van der Waals surface area contributed by atoms with Crippen LogP contribution in [0.2, 0.25) is 0 Å². The minimum atomic E-state index is -0.720. The highest BCUT2D eigenvalue weighted by Gasteiger charge is 2.40. The van der Waals surface area contributed by atoms with Crippen molar-refractivity contribution in [3.05, 3.63) is 112 Å². The Morgan fingerprint density at radius 1 is 0.860 bits per heavy atom. The number of imide groups is 1. The molecule has 4 aromatic rings. The molecule has 9 rings (SSSR count). The molecule has 2 unspecified atom stereocenters. The van der Waals surface area contributed by atoms with Gasteiger partial charge in [-0.25, -0.2) is 4.39 Å². The van der Waals surface area contributed by atoms with Crippen molar-refractivity contribution in [2.24, 2.45) is 5.92 Å². The molecular formula is C45H48FN5O6. The highest BCUT2D eigenvalue weighted by atomic mass is 19.1. The second kappa shape index (κ2) is 15.4. The van der Waals surface area contributed by atoms with E-state index in [1.165, 1.54) is 22.2 Å². The number of rotatable bonds is 8. The number of amides is 3. The number of hydrogen-bond donors (Lipinski definition) is 2. The van der Waals surface area contributed by atoms with E-state index in [2.05, 4.69) is 56.4 Å². The lowest BCUT2D eigenvalue weighted by Gasteiger charge is -2.40. The molecule has 3 fully saturated rings. The van der Waals surface area contributed by atoms with E-state index in [-0.39, 0.29) is 48.8 Å². The number of carbonyl (C=O) groups is 3. The standard InChI is InChI=1S/C45H48FN5O6/c1-56-34-4-2-3-30(21-34)37-27-57-41-23-33(52)9-10-35(41)43(37)29-5-7-32(8-6-29)49-15-13-28(14-16-49)25-48-17-19-50(20-18-48)40-22-31-26-51(45(55)36(31)24-38(40)46)39-11-12-42(53)47-44(39)54/h2-10,21-24,28,37,39,43,52H,11-20,25-27H2,1H3,(H,47,53,54)/t37?,39-,43?/m0/s1. The molecule has 5 aliphatic rings. The third-order valence-electron chi connectivity index (χ3n) is 12.7. The number of fused-ring (bicyclic) bond motifs is 2. The third kappa shape index (κ3) is 7.27. The van der Waals surface area contributed by atoms with E-state index >= 15 is 4.39 Å². The Kier molecular flexibility index (Phi) is 9.98. The summed E-state index contributed by atoms with van der Waals surface area (Å²) in [5.41, 5.74) is 6.16. The van der Waals surface area contributed by atoms with Gasteiger partial charge in [0, 0.05) is 93.5 Å². The molecule has 0 radical (unpaired) electrons. The van der Waals surface area contributed by atoms with E-state index < -0.39 is 17.8 Å². The molecule has 0 spiro atoms. The fraction of sp³-hybridized carbons (Fsp3) is 0.400. The quantitative estimate of drug-likeness (QED) is 0.220. The van der Waals surface area contributed by atoms with E-state index in [0.29, 0.717) is 36.9 Å². The van der Waals surface area contributed by atoms with Gasteiger partial charge in [0.2, 0.25) is 11.8 Å². The molecule has 5 aliphatic heterocycles. The predicted molar refractivity (Wildman–Crippen MR) is 214 cm³/mol. The second-order valence-electron chi connectivity index (χ2n) is 16.1. The summed E-state index contributed by atoms with van der Waals surface area (Å²) in [5.74, 6) is 0.879. The summed E-state index contributed by atoms with van der Waals surface area (Å²) in [6.07, 6.45) is 2.67. The number of hydrogen-bond acceptors (Lipinski definition) is 9. The van der Waals surface area contributed by atoms with Crippen molar-refractivity contribution in [2.45, 2.75) is 50.1 Å². The van der Waals surface area contributed by atoms with Crippen LogP contribution in [0.4, 0.5) is 15.8 Å². The Morgan fingerprint density at radius 2 is 1.65 bits per heavy atom. The third-order valence-corrected chi connectivity index (χ3v) is 12.7. The van der Waals surface area contributed by atoms with E-state index in [1.54, 1.807) is 25.3 Å². The number of piperidine rings is 2. The van der Waals surface area contributed by atoms with Crippen LogP contribution in [0.5, 0.6) is 17.2 Å². The number of aromatic hydroxyl groups is 1. The van der Waals surface area contributed by atoms with Gasteiger partial charge in [-0.3, -0.25) is 24.6 Å². The van der Waals surface area contributed by atoms with Crippen molar-refractivity contribution >= 4 is 29.1 Å². The van der Waals surface area contributed by atoms with Crippen LogP contribution >= 0.6 is 0 Å². The van der Waals surface area contributed by atoms with Crippen LogP contribution in [-0.2, 0) is 16.1 Å². The van der Waals surface area contributed by atoms with Gasteiger partial charge in [-0.15, -0.1) is 0 Å². The molecule has 0 bridgehead atoms. The molecule has 3 saturated heterocycles. The zero-order valence-corrected chi connectivity index (χ0v) is 32.2. The maximum atomic E-state index is 15.5. The normalized spacial score (nSPS) is 22.9. The average Bonchev–Trinajstić information content (AvgIpc) is 3.54. The average molecular weight is 774 g/mol. The molecule has 11 nitrogen and oxygen atoms in total. The van der Waals surface area contributed by atoms with Crippen molar-refractivity contribution in [1.82, 2.24) is 15.1 Å². The number of carbonyl (C=O) groups excluding carboxylic acids is 3. The summed E-state index contributed by atoms with van der Waals surface area (Å²) in [5, 5.41) is 12.5. The van der Waals surface area contributed by atoms with Crippen LogP contribution in [0, 0.1) is 11.7 Å². The predicted octanol–water partition coefficient (Wildman–Crippen LogP) is 5.65. The monoisotopic (exact) mass is 773 g/mol. The van der Waals surface area contributed by atoms with Crippen molar-refractivity contribution in [3.8, 4) is 17.2 Å². The van der Waals surface area contributed by atoms with Gasteiger partial charge < -0.3 is 29.3 Å². The Morgan fingerprint density at radius 3 is 2.40 bits per heavy atom. The van der Waals surface area contributed by atoms with Crippen LogP contribution in [0.3, 0.4) is 0 Å². The number of benzene rings is 4. The van der Waals surface area contributed by atoms with E-state index in [4.69, 9.17) is 9.47 Å². The maximum Gasteiger partial charge on any atom is 0.255 e. The van der Waals surface area contributed by atoms with Crippen LogP contribution in [0.25, 0.3) is 0 Å². The lowest BCUT2D eigenvalue weighted by atomic mass is 9.76. The first-order valence-electron chi connectivity index (χ1n) is 20.1. The Balaban J connectivity index is 0.796. The molecule has 296 valence electrons. The summed E-state index contributed by atoms with van der Waals surface area (Å²) >= 11 is 0. The Hall–Kier alpha value is -5.62. The topological polar surface area (TPSA) is 115 Å². The van der Waals surface area contributed by atoms with Gasteiger partial charge in [-0.2, -0.15) is 0 Å². The lowest BCUT2D eigenvalue weighted by Crippen LogP contribution is -2.52. The molecule has 0 aromatic heterocycles. The van der Waals surface area contributed by atoms with Gasteiger partial charge in [-0.05, 0) is 84.3 Å². The number of phenolic OH excluding ortho intramolecular Hbond substituents is 1. The Bertz CT molecular complexity index is 2180. The molecule has 3 atom stereocenters. The van der Waals surface area contributed by atoms with Crippen molar-refractivity contribution < 1.29 is 33.4 Å². The fourth-order valence-electron chi connectivity index (χ4n) is 9.59. The molecule has 5 heterocycles. The summed E-state index contributed by atoms with van der Waals surface area (Å²) in [6.45, 7) is 6.81. The van der Waals surface area contributed by atoms with Gasteiger partial charge >= 0.3 is 0 Å². The first-order chi connectivity index (χ1) is 27.7. The first kappa shape index (κ1) is 37.0. The van der Waals surface area contributed by atoms with Gasteiger partial charge in [-0.1, -0.05) is 30.3 Å². The van der Waals surface area contributed by atoms with Crippen LogP contribution in [-0.4, -0.2) is 98.2 Å². The second-order valence-corrected chi connectivity index (χ2v) is 16.1. The molecular weight excluding hydrogens is 726 g/mol. The molecule has 2 N–H and O–H groups in total. The zero-order chi connectivity index (χ0) is 39.2. The number of piperazine rings is 1. The minimum absolute atomic E-state index is 0.0560. The number of halogens is 1. The minimum Gasteiger partial charge on any atom is -0.508 e. The molecule has 4 aromatic carbocycles. The van der Waals surface area contributed by atoms with Gasteiger partial charge in [0.1, 0.15) is 29.1 Å². The van der Waals surface area contributed by atoms with E-state index in [0.717, 1.165) is 73.8 Å². The summed E-state index contributed by atoms with van der Waals surface area (Å²) < 4.78 is 27.2. The molecule has 3 amide bonds. The van der Waals surface area contributed by atoms with Crippen molar-refractivity contribution in [3.63, 3.8) is 0 Å². The molecule has 12 heteroatoms. The number of anilines is 2. The molecule has 57 heavy (non-hydrogen) atoms. The fourth-order valence-corrected chi connectivity index (χ4v) is 9.59. The number of nitrogens with one attached hydrogen (secondary N) is 1. The van der Waals surface area contributed by atoms with Gasteiger partial charge in [0.15, 0.2) is 0 Å². The van der Waals surface area contributed by atoms with Gasteiger partial charge in [0.25, 0.3) is 5.91 Å². The van der Waals surface area contributed by atoms with Gasteiger partial charge in [0.05, 0.1) is 19.4 Å². The largest absolute Gasteiger partial charge is 0.508 e. The van der Waals surface area contributed by atoms with Crippen molar-refractivity contribution in [1.29, 1.82) is 0 Å². The maximum absolute atomic E-state index is 15.5. The lowest BCUT2D eigenvalue weighted by molar-refractivity contribution is -0.136. The van der Waals surface area contributed by atoms with Crippen LogP contribution in [0.15, 0.2) is 78.9 Å². The highest BCUT2D eigenvalue weighted by Crippen LogP contribution is 2.47. The molecule has 0 saturated carbocycles. The van der Waals surface area contributed by atoms with Crippen LogP contribution in [0.1, 0.15) is 70.1 Å². The zero-order valence-electron chi connectivity index (χ0n) is 32.2. The SMILES string of the molecule is COc1cccc(C2COc3cc(O)ccc3C2c2ccc(N3CCC(CN4CCN(c5cc6c(cc5F)C(=O)N([C@H]5CCC(=O)NC5=O)C6)CC4)CC3)cc2)c1. The summed E-state index contributed by atoms with van der Waals surface area (Å²) in [4.78, 5) is 45.7. The highest BCUT2D eigenvalue weighted by molar-refractivity contribution is 6.05. The number of methoxy groups -OCH3 is 1. The van der Waals surface area contributed by atoms with Crippen molar-refractivity contribution in [2.75, 3.05) is 69.3 Å². The molecule has 0 aliphatic carbocycles. The summed E-state index contributed by atoms with van der Waals surface area (Å²) in [7, 11) is 1.68. The Labute approximate surface area is 331 Å². The first-order valence-corrected chi connectivity index (χ1v) is 20.1. The number of phenols is 1. The number of nitrogens with zero attached hydrogens (tertiary/aromatic N) is 4. The number of ether oxygens (including phenoxy) is 2. The summed E-state index contributed by atoms with van der Waals surface area (Å²) in [6, 6.07) is 25.0. The van der Waals surface area contributed by atoms with E-state index in [9.17, 15) is 19.5 Å². The van der Waals surface area contributed by atoms with E-state index in [1.807, 2.05) is 18.2 Å². The smallest absolute Gasteiger partial charge is 0.255 e.